The van der Waals surface area contributed by atoms with E-state index in [2.05, 4.69) is 19.2 Å². The first-order valence-electron chi connectivity index (χ1n) is 5.54. The first kappa shape index (κ1) is 11.5. The number of rotatable bonds is 4. The summed E-state index contributed by atoms with van der Waals surface area (Å²) < 4.78 is 0. The van der Waals surface area contributed by atoms with Crippen molar-refractivity contribution in [2.75, 3.05) is 0 Å². The molecule has 0 aliphatic heterocycles. The summed E-state index contributed by atoms with van der Waals surface area (Å²) in [7, 11) is 0. The van der Waals surface area contributed by atoms with Crippen LogP contribution in [0, 0.1) is 0 Å². The van der Waals surface area contributed by atoms with Crippen molar-refractivity contribution < 1.29 is 9.90 Å². The Balaban J connectivity index is 2.61. The van der Waals surface area contributed by atoms with Crippen LogP contribution in [0.5, 0.6) is 0 Å². The SMILES string of the molecule is CC(C)NC1(CC(=O)O)CCCCC1. The second-order valence-corrected chi connectivity index (χ2v) is 4.71. The Hall–Kier alpha value is -0.570. The molecule has 1 saturated carbocycles. The van der Waals surface area contributed by atoms with Crippen molar-refractivity contribution in [1.29, 1.82) is 0 Å². The van der Waals surface area contributed by atoms with Crippen LogP contribution in [-0.4, -0.2) is 22.7 Å². The predicted octanol–water partition coefficient (Wildman–Crippen LogP) is 2.16. The van der Waals surface area contributed by atoms with Crippen LogP contribution in [0.2, 0.25) is 0 Å². The maximum Gasteiger partial charge on any atom is 0.305 e. The Morgan fingerprint density at radius 3 is 2.36 bits per heavy atom. The quantitative estimate of drug-likeness (QED) is 0.729. The molecule has 0 saturated heterocycles. The van der Waals surface area contributed by atoms with E-state index in [1.54, 1.807) is 0 Å². The van der Waals surface area contributed by atoms with Gasteiger partial charge < -0.3 is 10.4 Å². The highest BCUT2D eigenvalue weighted by atomic mass is 16.4. The van der Waals surface area contributed by atoms with E-state index < -0.39 is 5.97 Å². The molecule has 0 aromatic carbocycles. The summed E-state index contributed by atoms with van der Waals surface area (Å²) >= 11 is 0. The van der Waals surface area contributed by atoms with E-state index in [1.165, 1.54) is 6.42 Å². The third-order valence-corrected chi connectivity index (χ3v) is 2.90. The van der Waals surface area contributed by atoms with Crippen LogP contribution in [0.4, 0.5) is 0 Å². The molecule has 1 rings (SSSR count). The van der Waals surface area contributed by atoms with E-state index in [-0.39, 0.29) is 12.0 Å². The van der Waals surface area contributed by atoms with Crippen molar-refractivity contribution >= 4 is 5.97 Å². The van der Waals surface area contributed by atoms with Gasteiger partial charge >= 0.3 is 5.97 Å². The molecule has 0 atom stereocenters. The molecule has 0 aromatic rings. The third kappa shape index (κ3) is 3.29. The number of carboxylic acids is 1. The molecule has 2 N–H and O–H groups in total. The van der Waals surface area contributed by atoms with Gasteiger partial charge in [-0.2, -0.15) is 0 Å². The molecule has 82 valence electrons. The van der Waals surface area contributed by atoms with Crippen LogP contribution in [-0.2, 0) is 4.79 Å². The fraction of sp³-hybridized carbons (Fsp3) is 0.909. The number of aliphatic carboxylic acids is 1. The Bertz CT molecular complexity index is 195. The van der Waals surface area contributed by atoms with Gasteiger partial charge in [-0.15, -0.1) is 0 Å². The molecule has 0 amide bonds. The highest BCUT2D eigenvalue weighted by Gasteiger charge is 2.34. The van der Waals surface area contributed by atoms with Gasteiger partial charge in [-0.05, 0) is 12.8 Å². The van der Waals surface area contributed by atoms with Crippen molar-refractivity contribution in [2.24, 2.45) is 0 Å². The smallest absolute Gasteiger partial charge is 0.305 e. The Kier molecular flexibility index (Phi) is 3.93. The molecule has 3 nitrogen and oxygen atoms in total. The normalized spacial score (nSPS) is 21.1. The first-order valence-corrected chi connectivity index (χ1v) is 5.54. The minimum absolute atomic E-state index is 0.127. The molecule has 0 spiro atoms. The van der Waals surface area contributed by atoms with Gasteiger partial charge in [-0.3, -0.25) is 4.79 Å². The summed E-state index contributed by atoms with van der Waals surface area (Å²) in [6.07, 6.45) is 5.86. The highest BCUT2D eigenvalue weighted by molar-refractivity contribution is 5.68. The summed E-state index contributed by atoms with van der Waals surface area (Å²) in [5.41, 5.74) is -0.127. The highest BCUT2D eigenvalue weighted by Crippen LogP contribution is 2.31. The van der Waals surface area contributed by atoms with Gasteiger partial charge in [0, 0.05) is 11.6 Å². The third-order valence-electron chi connectivity index (χ3n) is 2.90. The lowest BCUT2D eigenvalue weighted by atomic mass is 9.79. The Morgan fingerprint density at radius 2 is 1.93 bits per heavy atom. The average molecular weight is 199 g/mol. The van der Waals surface area contributed by atoms with Gasteiger partial charge in [0.25, 0.3) is 0 Å². The number of hydrogen-bond donors (Lipinski definition) is 2. The fourth-order valence-corrected chi connectivity index (χ4v) is 2.50. The lowest BCUT2D eigenvalue weighted by Crippen LogP contribution is -2.51. The molecule has 0 aromatic heterocycles. The van der Waals surface area contributed by atoms with Crippen LogP contribution in [0.1, 0.15) is 52.4 Å². The van der Waals surface area contributed by atoms with Crippen LogP contribution in [0.3, 0.4) is 0 Å². The molecule has 0 radical (unpaired) electrons. The van der Waals surface area contributed by atoms with Crippen LogP contribution < -0.4 is 5.32 Å². The predicted molar refractivity (Wildman–Crippen MR) is 56.3 cm³/mol. The topological polar surface area (TPSA) is 49.3 Å². The zero-order chi connectivity index (χ0) is 10.6. The summed E-state index contributed by atoms with van der Waals surface area (Å²) in [4.78, 5) is 10.8. The lowest BCUT2D eigenvalue weighted by molar-refractivity contribution is -0.139. The second-order valence-electron chi connectivity index (χ2n) is 4.71. The van der Waals surface area contributed by atoms with Crippen molar-refractivity contribution in [3.63, 3.8) is 0 Å². The first-order chi connectivity index (χ1) is 6.54. The molecule has 0 unspecified atom stereocenters. The van der Waals surface area contributed by atoms with E-state index in [1.807, 2.05) is 0 Å². The van der Waals surface area contributed by atoms with Gasteiger partial charge in [0.05, 0.1) is 6.42 Å². The maximum atomic E-state index is 10.8. The van der Waals surface area contributed by atoms with Gasteiger partial charge in [-0.25, -0.2) is 0 Å². The Labute approximate surface area is 85.9 Å². The van der Waals surface area contributed by atoms with E-state index >= 15 is 0 Å². The summed E-state index contributed by atoms with van der Waals surface area (Å²) in [5.74, 6) is -0.681. The van der Waals surface area contributed by atoms with Gasteiger partial charge in [0.15, 0.2) is 0 Å². The molecular formula is C11H21NO2. The molecule has 14 heavy (non-hydrogen) atoms. The van der Waals surface area contributed by atoms with Crippen LogP contribution in [0.15, 0.2) is 0 Å². The van der Waals surface area contributed by atoms with Crippen molar-refractivity contribution in [3.05, 3.63) is 0 Å². The van der Waals surface area contributed by atoms with Gasteiger partial charge in [0.1, 0.15) is 0 Å². The Morgan fingerprint density at radius 1 is 1.36 bits per heavy atom. The average Bonchev–Trinajstić information content (AvgIpc) is 2.01. The number of carboxylic acid groups (broad SMARTS) is 1. The van der Waals surface area contributed by atoms with Crippen molar-refractivity contribution in [2.45, 2.75) is 64.0 Å². The molecular weight excluding hydrogens is 178 g/mol. The van der Waals surface area contributed by atoms with Crippen LogP contribution in [0.25, 0.3) is 0 Å². The van der Waals surface area contributed by atoms with Gasteiger partial charge in [0.2, 0.25) is 0 Å². The zero-order valence-corrected chi connectivity index (χ0v) is 9.18. The molecule has 0 bridgehead atoms. The number of carbonyl (C=O) groups is 1. The van der Waals surface area contributed by atoms with E-state index in [0.717, 1.165) is 25.7 Å². The molecule has 1 aliphatic carbocycles. The van der Waals surface area contributed by atoms with Crippen molar-refractivity contribution in [3.8, 4) is 0 Å². The standard InChI is InChI=1S/C11H21NO2/c1-9(2)12-11(8-10(13)14)6-4-3-5-7-11/h9,12H,3-8H2,1-2H3,(H,13,14). The van der Waals surface area contributed by atoms with Crippen LogP contribution >= 0.6 is 0 Å². The lowest BCUT2D eigenvalue weighted by Gasteiger charge is -2.38. The van der Waals surface area contributed by atoms with Crippen molar-refractivity contribution in [1.82, 2.24) is 5.32 Å². The second kappa shape index (κ2) is 4.78. The van der Waals surface area contributed by atoms with E-state index in [0.29, 0.717) is 6.04 Å². The molecule has 0 heterocycles. The minimum Gasteiger partial charge on any atom is -0.481 e. The van der Waals surface area contributed by atoms with Gasteiger partial charge in [-0.1, -0.05) is 33.1 Å². The molecule has 3 heteroatoms. The maximum absolute atomic E-state index is 10.8. The number of hydrogen-bond acceptors (Lipinski definition) is 2. The molecule has 1 fully saturated rings. The zero-order valence-electron chi connectivity index (χ0n) is 9.18. The summed E-state index contributed by atoms with van der Waals surface area (Å²) in [5, 5.41) is 12.3. The number of nitrogens with one attached hydrogen (secondary N) is 1. The fourth-order valence-electron chi connectivity index (χ4n) is 2.50. The monoisotopic (exact) mass is 199 g/mol. The summed E-state index contributed by atoms with van der Waals surface area (Å²) in [6, 6.07) is 0.368. The molecule has 1 aliphatic rings. The summed E-state index contributed by atoms with van der Waals surface area (Å²) in [6.45, 7) is 4.16. The van der Waals surface area contributed by atoms with E-state index in [9.17, 15) is 4.79 Å². The van der Waals surface area contributed by atoms with E-state index in [4.69, 9.17) is 5.11 Å². The minimum atomic E-state index is -0.681. The largest absolute Gasteiger partial charge is 0.481 e.